The second-order valence-corrected chi connectivity index (χ2v) is 8.99. The first-order valence-electron chi connectivity index (χ1n) is 11.9. The van der Waals surface area contributed by atoms with E-state index in [1.165, 1.54) is 12.5 Å². The van der Waals surface area contributed by atoms with Crippen LogP contribution in [0, 0.1) is 0 Å². The Kier molecular flexibility index (Phi) is 6.32. The smallest absolute Gasteiger partial charge is 0.287 e. The van der Waals surface area contributed by atoms with Gasteiger partial charge in [-0.25, -0.2) is 0 Å². The van der Waals surface area contributed by atoms with Crippen molar-refractivity contribution in [1.29, 1.82) is 0 Å². The van der Waals surface area contributed by atoms with Gasteiger partial charge >= 0.3 is 0 Å². The number of piperidine rings is 1. The third-order valence-electron chi connectivity index (χ3n) is 6.61. The Morgan fingerprint density at radius 1 is 0.971 bits per heavy atom. The Morgan fingerprint density at radius 3 is 2.59 bits per heavy atom. The van der Waals surface area contributed by atoms with E-state index in [0.29, 0.717) is 18.2 Å². The van der Waals surface area contributed by atoms with Gasteiger partial charge in [0.15, 0.2) is 5.76 Å². The Bertz CT molecular complexity index is 1340. The number of nitrogens with zero attached hydrogens (tertiary/aromatic N) is 1. The molecule has 0 bridgehead atoms. The van der Waals surface area contributed by atoms with Gasteiger partial charge in [-0.1, -0.05) is 48.5 Å². The summed E-state index contributed by atoms with van der Waals surface area (Å²) in [6.07, 6.45) is 2.13. The number of benzene rings is 3. The summed E-state index contributed by atoms with van der Waals surface area (Å²) < 4.78 is 5.93. The van der Waals surface area contributed by atoms with E-state index in [0.717, 1.165) is 59.9 Å². The largest absolute Gasteiger partial charge is 0.450 e. The lowest BCUT2D eigenvalue weighted by molar-refractivity contribution is -0.114. The van der Waals surface area contributed by atoms with Crippen molar-refractivity contribution >= 4 is 39.2 Å². The molecule has 0 saturated carbocycles. The highest BCUT2D eigenvalue weighted by molar-refractivity contribution is 6.07. The Labute approximate surface area is 198 Å². The van der Waals surface area contributed by atoms with Crippen LogP contribution in [0.5, 0.6) is 0 Å². The van der Waals surface area contributed by atoms with Crippen LogP contribution in [0.4, 0.5) is 5.69 Å². The summed E-state index contributed by atoms with van der Waals surface area (Å²) in [5.41, 5.74) is 2.89. The maximum Gasteiger partial charge on any atom is 0.287 e. The molecule has 0 spiro atoms. The maximum atomic E-state index is 12.7. The third-order valence-corrected chi connectivity index (χ3v) is 6.61. The van der Waals surface area contributed by atoms with Gasteiger partial charge < -0.3 is 20.0 Å². The van der Waals surface area contributed by atoms with Crippen molar-refractivity contribution in [2.24, 2.45) is 0 Å². The molecular formula is C28H29N3O3. The molecule has 1 aromatic heterocycles. The Morgan fingerprint density at radius 2 is 1.76 bits per heavy atom. The number of rotatable bonds is 6. The van der Waals surface area contributed by atoms with E-state index >= 15 is 0 Å². The minimum absolute atomic E-state index is 0.0509. The third kappa shape index (κ3) is 4.82. The van der Waals surface area contributed by atoms with Crippen molar-refractivity contribution < 1.29 is 14.0 Å². The van der Waals surface area contributed by atoms with Crippen LogP contribution in [0.2, 0.25) is 0 Å². The van der Waals surface area contributed by atoms with E-state index in [4.69, 9.17) is 4.42 Å². The van der Waals surface area contributed by atoms with Gasteiger partial charge in [-0.3, -0.25) is 9.59 Å². The molecule has 5 rings (SSSR count). The monoisotopic (exact) mass is 455 g/mol. The van der Waals surface area contributed by atoms with Gasteiger partial charge in [0.05, 0.1) is 0 Å². The van der Waals surface area contributed by atoms with E-state index in [2.05, 4.69) is 33.7 Å². The average Bonchev–Trinajstić information content (AvgIpc) is 3.29. The predicted molar refractivity (Wildman–Crippen MR) is 135 cm³/mol. The number of nitrogens with one attached hydrogen (secondary N) is 2. The fourth-order valence-corrected chi connectivity index (χ4v) is 4.86. The molecule has 0 radical (unpaired) electrons. The number of fused-ring (bicyclic) bond motifs is 3. The van der Waals surface area contributed by atoms with Crippen LogP contribution < -0.4 is 10.6 Å². The van der Waals surface area contributed by atoms with Crippen molar-refractivity contribution in [2.75, 3.05) is 31.5 Å². The molecule has 4 aromatic rings. The van der Waals surface area contributed by atoms with Gasteiger partial charge in [0.25, 0.3) is 5.91 Å². The number of amides is 2. The molecule has 1 fully saturated rings. The van der Waals surface area contributed by atoms with Crippen LogP contribution in [-0.2, 0) is 4.79 Å². The van der Waals surface area contributed by atoms with Gasteiger partial charge in [0, 0.05) is 36.5 Å². The van der Waals surface area contributed by atoms with Gasteiger partial charge in [-0.15, -0.1) is 0 Å². The summed E-state index contributed by atoms with van der Waals surface area (Å²) in [4.78, 5) is 26.4. The van der Waals surface area contributed by atoms with Crippen molar-refractivity contribution in [1.82, 2.24) is 10.2 Å². The molecule has 2 amide bonds. The molecule has 6 nitrogen and oxygen atoms in total. The lowest BCUT2D eigenvalue weighted by atomic mass is 9.89. The van der Waals surface area contributed by atoms with E-state index in [-0.39, 0.29) is 11.8 Å². The zero-order valence-electron chi connectivity index (χ0n) is 19.3. The van der Waals surface area contributed by atoms with Crippen molar-refractivity contribution in [3.63, 3.8) is 0 Å². The topological polar surface area (TPSA) is 74.6 Å². The number of carbonyl (C=O) groups is 2. The quantitative estimate of drug-likeness (QED) is 0.421. The lowest BCUT2D eigenvalue weighted by Crippen LogP contribution is -2.39. The second kappa shape index (κ2) is 9.69. The Balaban J connectivity index is 1.13. The summed E-state index contributed by atoms with van der Waals surface area (Å²) in [7, 11) is 0. The standard InChI is InChI=1S/C28H29N3O3/c1-19(32)30-24-7-4-6-22(17-24)20-11-14-31(15-12-20)16-13-29-28(33)26-18-23-10-9-21-5-2-3-8-25(21)27(23)34-26/h2-10,17-18,20H,11-16H2,1H3,(H,29,33)(H,30,32). The number of carbonyl (C=O) groups excluding carboxylic acids is 2. The van der Waals surface area contributed by atoms with Crippen LogP contribution in [0.3, 0.4) is 0 Å². The Hall–Kier alpha value is -3.64. The summed E-state index contributed by atoms with van der Waals surface area (Å²) in [6, 6.07) is 22.0. The summed E-state index contributed by atoms with van der Waals surface area (Å²) >= 11 is 0. The highest BCUT2D eigenvalue weighted by atomic mass is 16.3. The number of furan rings is 1. The number of hydrogen-bond donors (Lipinski definition) is 2. The molecule has 1 saturated heterocycles. The SMILES string of the molecule is CC(=O)Nc1cccc(C2CCN(CCNC(=O)c3cc4ccc5ccccc5c4o3)CC2)c1. The normalized spacial score (nSPS) is 15.0. The van der Waals surface area contributed by atoms with Gasteiger partial charge in [0.1, 0.15) is 5.58 Å². The first kappa shape index (κ1) is 22.2. The van der Waals surface area contributed by atoms with Crippen LogP contribution in [0.1, 0.15) is 41.8 Å². The predicted octanol–water partition coefficient (Wildman–Crippen LogP) is 5.15. The molecule has 2 N–H and O–H groups in total. The summed E-state index contributed by atoms with van der Waals surface area (Å²) in [6.45, 7) is 4.90. The minimum Gasteiger partial charge on any atom is -0.450 e. The zero-order chi connectivity index (χ0) is 23.5. The summed E-state index contributed by atoms with van der Waals surface area (Å²) in [5.74, 6) is 0.615. The number of likely N-dealkylation sites (tertiary alicyclic amines) is 1. The van der Waals surface area contributed by atoms with Crippen LogP contribution in [0.15, 0.2) is 71.1 Å². The molecular weight excluding hydrogens is 426 g/mol. The highest BCUT2D eigenvalue weighted by Gasteiger charge is 2.21. The molecule has 0 atom stereocenters. The molecule has 6 heteroatoms. The minimum atomic E-state index is -0.176. The fraction of sp³-hybridized carbons (Fsp3) is 0.286. The van der Waals surface area contributed by atoms with Gasteiger partial charge in [-0.2, -0.15) is 0 Å². The van der Waals surface area contributed by atoms with E-state index in [1.54, 1.807) is 0 Å². The molecule has 0 unspecified atom stereocenters. The van der Waals surface area contributed by atoms with Crippen LogP contribution in [0.25, 0.3) is 21.7 Å². The number of hydrogen-bond acceptors (Lipinski definition) is 4. The molecule has 1 aliphatic rings. The highest BCUT2D eigenvalue weighted by Crippen LogP contribution is 2.30. The van der Waals surface area contributed by atoms with E-state index in [9.17, 15) is 9.59 Å². The molecule has 174 valence electrons. The molecule has 1 aliphatic heterocycles. The van der Waals surface area contributed by atoms with Gasteiger partial charge in [0.2, 0.25) is 5.91 Å². The second-order valence-electron chi connectivity index (χ2n) is 8.99. The maximum absolute atomic E-state index is 12.7. The van der Waals surface area contributed by atoms with Crippen LogP contribution in [-0.4, -0.2) is 42.9 Å². The van der Waals surface area contributed by atoms with E-state index in [1.807, 2.05) is 48.5 Å². The lowest BCUT2D eigenvalue weighted by Gasteiger charge is -2.32. The van der Waals surface area contributed by atoms with Crippen molar-refractivity contribution in [3.05, 3.63) is 78.1 Å². The van der Waals surface area contributed by atoms with Crippen molar-refractivity contribution in [3.8, 4) is 0 Å². The molecule has 0 aliphatic carbocycles. The number of anilines is 1. The van der Waals surface area contributed by atoms with Crippen molar-refractivity contribution in [2.45, 2.75) is 25.7 Å². The van der Waals surface area contributed by atoms with Gasteiger partial charge in [-0.05, 0) is 61.0 Å². The average molecular weight is 456 g/mol. The fourth-order valence-electron chi connectivity index (χ4n) is 4.86. The molecule has 3 aromatic carbocycles. The van der Waals surface area contributed by atoms with Crippen LogP contribution >= 0.6 is 0 Å². The van der Waals surface area contributed by atoms with E-state index < -0.39 is 0 Å². The summed E-state index contributed by atoms with van der Waals surface area (Å²) in [5, 5.41) is 8.93. The first-order valence-corrected chi connectivity index (χ1v) is 11.9. The molecule has 34 heavy (non-hydrogen) atoms. The zero-order valence-corrected chi connectivity index (χ0v) is 19.3. The first-order chi connectivity index (χ1) is 16.6. The molecule has 2 heterocycles.